The lowest BCUT2D eigenvalue weighted by atomic mass is 9.78. The number of esters is 1. The summed E-state index contributed by atoms with van der Waals surface area (Å²) in [6.45, 7) is 2.26. The first-order valence-electron chi connectivity index (χ1n) is 10.7. The summed E-state index contributed by atoms with van der Waals surface area (Å²) in [6, 6.07) is 4.09. The maximum Gasteiger partial charge on any atom is 0.311 e. The van der Waals surface area contributed by atoms with Crippen LogP contribution in [0.5, 0.6) is 5.75 Å². The van der Waals surface area contributed by atoms with E-state index in [1.54, 1.807) is 0 Å². The van der Waals surface area contributed by atoms with Gasteiger partial charge in [-0.05, 0) is 30.4 Å². The number of halogens is 2. The van der Waals surface area contributed by atoms with Crippen molar-refractivity contribution in [3.63, 3.8) is 0 Å². The van der Waals surface area contributed by atoms with Crippen molar-refractivity contribution in [2.45, 2.75) is 90.4 Å². The molecule has 1 fully saturated rings. The van der Waals surface area contributed by atoms with E-state index in [1.165, 1.54) is 82.8 Å². The first-order valence-corrected chi connectivity index (χ1v) is 11.1. The van der Waals surface area contributed by atoms with Crippen LogP contribution < -0.4 is 4.74 Å². The van der Waals surface area contributed by atoms with E-state index in [1.807, 2.05) is 0 Å². The van der Waals surface area contributed by atoms with Crippen molar-refractivity contribution >= 4 is 17.6 Å². The molecule has 0 heterocycles. The Morgan fingerprint density at radius 3 is 2.33 bits per heavy atom. The van der Waals surface area contributed by atoms with E-state index in [4.69, 9.17) is 16.3 Å². The lowest BCUT2D eigenvalue weighted by molar-refractivity contribution is -0.134. The van der Waals surface area contributed by atoms with Gasteiger partial charge in [0.05, 0.1) is 5.02 Å². The van der Waals surface area contributed by atoms with Crippen molar-refractivity contribution in [1.29, 1.82) is 0 Å². The molecule has 0 N–H and O–H groups in total. The number of unbranched alkanes of at least 4 members (excludes halogenated alkanes) is 5. The smallest absolute Gasteiger partial charge is 0.311 e. The summed E-state index contributed by atoms with van der Waals surface area (Å²) in [7, 11) is 0. The molecule has 0 unspecified atom stereocenters. The van der Waals surface area contributed by atoms with Gasteiger partial charge in [-0.15, -0.1) is 0 Å². The summed E-state index contributed by atoms with van der Waals surface area (Å²) in [5.74, 6) is 0.887. The Hall–Kier alpha value is -1.09. The molecule has 1 saturated carbocycles. The fourth-order valence-electron chi connectivity index (χ4n) is 4.07. The van der Waals surface area contributed by atoms with Crippen molar-refractivity contribution in [3.8, 4) is 5.75 Å². The standard InChI is InChI=1S/C23H34ClFO2/c1-2-3-4-5-6-7-8-18-9-11-19(12-10-18)13-16-23(26)27-20-14-15-21(24)22(25)17-20/h14-15,17-19H,2-13,16H2,1H3. The highest BCUT2D eigenvalue weighted by molar-refractivity contribution is 6.30. The summed E-state index contributed by atoms with van der Waals surface area (Å²) in [4.78, 5) is 12.0. The van der Waals surface area contributed by atoms with Gasteiger partial charge in [0, 0.05) is 12.5 Å². The average molecular weight is 397 g/mol. The Morgan fingerprint density at radius 1 is 1.04 bits per heavy atom. The molecule has 0 amide bonds. The molecule has 0 bridgehead atoms. The quantitative estimate of drug-likeness (QED) is 0.217. The minimum Gasteiger partial charge on any atom is -0.426 e. The van der Waals surface area contributed by atoms with Crippen LogP contribution in [0.4, 0.5) is 4.39 Å². The third-order valence-corrected chi connectivity index (χ3v) is 6.12. The van der Waals surface area contributed by atoms with Gasteiger partial charge in [-0.1, -0.05) is 89.2 Å². The van der Waals surface area contributed by atoms with Gasteiger partial charge in [0.2, 0.25) is 0 Å². The normalized spacial score (nSPS) is 19.8. The summed E-state index contributed by atoms with van der Waals surface area (Å²) >= 11 is 5.64. The second-order valence-corrected chi connectivity index (χ2v) is 8.44. The molecule has 0 atom stereocenters. The van der Waals surface area contributed by atoms with Gasteiger partial charge in [-0.3, -0.25) is 4.79 Å². The minimum absolute atomic E-state index is 0.0347. The van der Waals surface area contributed by atoms with Gasteiger partial charge >= 0.3 is 5.97 Å². The van der Waals surface area contributed by atoms with Crippen molar-refractivity contribution in [2.24, 2.45) is 11.8 Å². The molecule has 0 spiro atoms. The maximum atomic E-state index is 13.4. The Balaban J connectivity index is 1.56. The second kappa shape index (κ2) is 12.4. The molecular formula is C23H34ClFO2. The first kappa shape index (κ1) is 22.2. The molecule has 152 valence electrons. The van der Waals surface area contributed by atoms with Crippen molar-refractivity contribution in [2.75, 3.05) is 0 Å². The van der Waals surface area contributed by atoms with Gasteiger partial charge < -0.3 is 4.74 Å². The molecule has 1 aliphatic carbocycles. The molecule has 1 aromatic carbocycles. The van der Waals surface area contributed by atoms with Crippen molar-refractivity contribution < 1.29 is 13.9 Å². The van der Waals surface area contributed by atoms with Crippen LogP contribution in [0, 0.1) is 17.7 Å². The van der Waals surface area contributed by atoms with Gasteiger partial charge in [-0.25, -0.2) is 4.39 Å². The minimum atomic E-state index is -0.564. The van der Waals surface area contributed by atoms with E-state index >= 15 is 0 Å². The van der Waals surface area contributed by atoms with E-state index in [0.717, 1.165) is 18.4 Å². The molecular weight excluding hydrogens is 363 g/mol. The molecule has 2 rings (SSSR count). The molecule has 1 aromatic rings. The van der Waals surface area contributed by atoms with Gasteiger partial charge in [0.1, 0.15) is 11.6 Å². The number of benzene rings is 1. The maximum absolute atomic E-state index is 13.4. The van der Waals surface area contributed by atoms with Crippen LogP contribution in [0.25, 0.3) is 0 Å². The summed E-state index contributed by atoms with van der Waals surface area (Å²) in [5, 5.41) is 0.0347. The predicted octanol–water partition coefficient (Wildman–Crippen LogP) is 7.72. The molecule has 0 radical (unpaired) electrons. The van der Waals surface area contributed by atoms with Crippen LogP contribution in [0.3, 0.4) is 0 Å². The number of carbonyl (C=O) groups excluding carboxylic acids is 1. The SMILES string of the molecule is CCCCCCCCC1CCC(CCC(=O)Oc2ccc(Cl)c(F)c2)CC1. The lowest BCUT2D eigenvalue weighted by Crippen LogP contribution is -2.17. The topological polar surface area (TPSA) is 26.3 Å². The average Bonchev–Trinajstić information content (AvgIpc) is 2.67. The monoisotopic (exact) mass is 396 g/mol. The van der Waals surface area contributed by atoms with E-state index in [-0.39, 0.29) is 16.7 Å². The Labute approximate surface area is 168 Å². The zero-order chi connectivity index (χ0) is 19.5. The van der Waals surface area contributed by atoms with E-state index in [9.17, 15) is 9.18 Å². The molecule has 4 heteroatoms. The summed E-state index contributed by atoms with van der Waals surface area (Å²) in [6.07, 6.45) is 15.9. The second-order valence-electron chi connectivity index (χ2n) is 8.03. The number of hydrogen-bond donors (Lipinski definition) is 0. The number of ether oxygens (including phenoxy) is 1. The van der Waals surface area contributed by atoms with Crippen LogP contribution in [0.1, 0.15) is 90.4 Å². The van der Waals surface area contributed by atoms with Gasteiger partial charge in [0.25, 0.3) is 0 Å². The van der Waals surface area contributed by atoms with E-state index in [2.05, 4.69) is 6.92 Å². The van der Waals surface area contributed by atoms with E-state index < -0.39 is 5.82 Å². The highest BCUT2D eigenvalue weighted by atomic mass is 35.5. The summed E-state index contributed by atoms with van der Waals surface area (Å²) in [5.41, 5.74) is 0. The van der Waals surface area contributed by atoms with Crippen molar-refractivity contribution in [3.05, 3.63) is 29.0 Å². The Bertz CT molecular complexity index is 567. The van der Waals surface area contributed by atoms with Crippen LogP contribution in [0.2, 0.25) is 5.02 Å². The zero-order valence-electron chi connectivity index (χ0n) is 16.7. The molecule has 0 saturated heterocycles. The molecule has 1 aliphatic rings. The number of hydrogen-bond acceptors (Lipinski definition) is 2. The van der Waals surface area contributed by atoms with Crippen LogP contribution in [-0.4, -0.2) is 5.97 Å². The fraction of sp³-hybridized carbons (Fsp3) is 0.696. The number of carbonyl (C=O) groups is 1. The zero-order valence-corrected chi connectivity index (χ0v) is 17.4. The van der Waals surface area contributed by atoms with Crippen LogP contribution in [-0.2, 0) is 4.79 Å². The highest BCUT2D eigenvalue weighted by Crippen LogP contribution is 2.34. The molecule has 27 heavy (non-hydrogen) atoms. The van der Waals surface area contributed by atoms with Crippen molar-refractivity contribution in [1.82, 2.24) is 0 Å². The molecule has 0 aromatic heterocycles. The first-order chi connectivity index (χ1) is 13.1. The Morgan fingerprint density at radius 2 is 1.67 bits per heavy atom. The largest absolute Gasteiger partial charge is 0.426 e. The van der Waals surface area contributed by atoms with Gasteiger partial charge in [0.15, 0.2) is 0 Å². The third kappa shape index (κ3) is 8.64. The van der Waals surface area contributed by atoms with Crippen LogP contribution in [0.15, 0.2) is 18.2 Å². The van der Waals surface area contributed by atoms with Gasteiger partial charge in [-0.2, -0.15) is 0 Å². The number of rotatable bonds is 11. The van der Waals surface area contributed by atoms with Crippen LogP contribution >= 0.6 is 11.6 Å². The summed E-state index contributed by atoms with van der Waals surface area (Å²) < 4.78 is 18.6. The predicted molar refractivity (Wildman–Crippen MR) is 110 cm³/mol. The van der Waals surface area contributed by atoms with E-state index in [0.29, 0.717) is 12.3 Å². The lowest BCUT2D eigenvalue weighted by Gasteiger charge is -2.28. The Kier molecular flexibility index (Phi) is 10.2. The fourth-order valence-corrected chi connectivity index (χ4v) is 4.18. The molecule has 0 aliphatic heterocycles. The third-order valence-electron chi connectivity index (χ3n) is 5.81. The highest BCUT2D eigenvalue weighted by Gasteiger charge is 2.21. The molecule has 2 nitrogen and oxygen atoms in total.